The molecule has 0 aliphatic carbocycles. The fraction of sp³-hybridized carbons (Fsp3) is 0.238. The highest BCUT2D eigenvalue weighted by Crippen LogP contribution is 2.29. The van der Waals surface area contributed by atoms with Crippen molar-refractivity contribution in [2.75, 3.05) is 10.2 Å². The summed E-state index contributed by atoms with van der Waals surface area (Å²) < 4.78 is 0. The van der Waals surface area contributed by atoms with E-state index in [2.05, 4.69) is 36.1 Å². The van der Waals surface area contributed by atoms with Crippen LogP contribution < -0.4 is 10.2 Å². The van der Waals surface area contributed by atoms with Crippen LogP contribution in [0, 0.1) is 0 Å². The van der Waals surface area contributed by atoms with E-state index in [0.29, 0.717) is 16.0 Å². The molecule has 1 N–H and O–H groups in total. The summed E-state index contributed by atoms with van der Waals surface area (Å²) >= 11 is 2.74. The van der Waals surface area contributed by atoms with Gasteiger partial charge in [0.1, 0.15) is 0 Å². The lowest BCUT2D eigenvalue weighted by atomic mass is 9.93. The van der Waals surface area contributed by atoms with Gasteiger partial charge in [0.25, 0.3) is 0 Å². The number of nitrogens with zero attached hydrogens (tertiary/aromatic N) is 3. The Hall–Kier alpha value is -2.84. The molecule has 2 heterocycles. The highest BCUT2D eigenvalue weighted by molar-refractivity contribution is 7.14. The Balaban J connectivity index is 1.69. The van der Waals surface area contributed by atoms with Gasteiger partial charge < -0.3 is 0 Å². The van der Waals surface area contributed by atoms with Crippen LogP contribution in [0.15, 0.2) is 47.2 Å². The van der Waals surface area contributed by atoms with Gasteiger partial charge in [0.05, 0.1) is 17.1 Å². The van der Waals surface area contributed by atoms with Crippen LogP contribution in [0.4, 0.5) is 16.0 Å². The third-order valence-corrected chi connectivity index (χ3v) is 5.54. The van der Waals surface area contributed by atoms with E-state index in [1.807, 2.05) is 35.7 Å². The minimum atomic E-state index is -0.277. The first-order valence-corrected chi connectivity index (χ1v) is 10.8. The van der Waals surface area contributed by atoms with Gasteiger partial charge in [-0.15, -0.1) is 22.7 Å². The number of benzene rings is 1. The number of amides is 2. The largest absolute Gasteiger partial charge is 0.298 e. The highest BCUT2D eigenvalue weighted by atomic mass is 32.1. The van der Waals surface area contributed by atoms with Crippen LogP contribution >= 0.6 is 22.7 Å². The number of rotatable bonds is 5. The molecule has 0 atom stereocenters. The van der Waals surface area contributed by atoms with Crippen LogP contribution in [0.5, 0.6) is 0 Å². The molecule has 0 fully saturated rings. The Morgan fingerprint density at radius 1 is 1.07 bits per heavy atom. The summed E-state index contributed by atoms with van der Waals surface area (Å²) in [7, 11) is 0. The van der Waals surface area contributed by atoms with Gasteiger partial charge >= 0.3 is 0 Å². The molecule has 2 aromatic heterocycles. The van der Waals surface area contributed by atoms with E-state index in [1.54, 1.807) is 16.4 Å². The number of hydrogen-bond acceptors (Lipinski definition) is 6. The van der Waals surface area contributed by atoms with Crippen molar-refractivity contribution in [1.82, 2.24) is 9.97 Å². The van der Waals surface area contributed by atoms with Crippen molar-refractivity contribution in [3.8, 4) is 0 Å². The van der Waals surface area contributed by atoms with E-state index >= 15 is 0 Å². The molecule has 0 radical (unpaired) electrons. The molecule has 0 saturated heterocycles. The van der Waals surface area contributed by atoms with E-state index in [1.165, 1.54) is 35.7 Å². The van der Waals surface area contributed by atoms with Crippen molar-refractivity contribution in [3.05, 3.63) is 58.6 Å². The number of anilines is 3. The minimum absolute atomic E-state index is 0.0619. The monoisotopic (exact) mass is 426 g/mol. The molecule has 0 saturated carbocycles. The molecule has 0 bridgehead atoms. The van der Waals surface area contributed by atoms with Gasteiger partial charge in [-0.1, -0.05) is 39.0 Å². The first kappa shape index (κ1) is 20.9. The fourth-order valence-electron chi connectivity index (χ4n) is 2.44. The molecule has 150 valence electrons. The first-order chi connectivity index (χ1) is 13.7. The minimum Gasteiger partial charge on any atom is -0.298 e. The molecule has 3 aromatic rings. The fourth-order valence-corrected chi connectivity index (χ4v) is 4.24. The molecule has 0 spiro atoms. The smallest absolute Gasteiger partial charge is 0.250 e. The lowest BCUT2D eigenvalue weighted by molar-refractivity contribution is -0.116. The number of hydrogen-bond donors (Lipinski definition) is 1. The van der Waals surface area contributed by atoms with Crippen LogP contribution in [0.2, 0.25) is 0 Å². The molecule has 29 heavy (non-hydrogen) atoms. The van der Waals surface area contributed by atoms with Crippen LogP contribution in [0.3, 0.4) is 0 Å². The molecule has 0 unspecified atom stereocenters. The number of para-hydroxylation sites is 1. The normalized spacial score (nSPS) is 11.6. The van der Waals surface area contributed by atoms with Gasteiger partial charge in [-0.2, -0.15) is 0 Å². The zero-order chi connectivity index (χ0) is 21.0. The predicted molar refractivity (Wildman–Crippen MR) is 120 cm³/mol. The molecule has 6 nitrogen and oxygen atoms in total. The maximum atomic E-state index is 12.2. The van der Waals surface area contributed by atoms with Crippen molar-refractivity contribution in [3.63, 3.8) is 0 Å². The summed E-state index contributed by atoms with van der Waals surface area (Å²) in [5.74, 6) is -0.405. The summed E-state index contributed by atoms with van der Waals surface area (Å²) in [5, 5.41) is 7.65. The van der Waals surface area contributed by atoms with Crippen LogP contribution in [-0.2, 0) is 15.0 Å². The van der Waals surface area contributed by atoms with E-state index in [9.17, 15) is 9.59 Å². The van der Waals surface area contributed by atoms with Crippen molar-refractivity contribution < 1.29 is 9.59 Å². The lowest BCUT2D eigenvalue weighted by Gasteiger charge is -2.17. The van der Waals surface area contributed by atoms with Crippen LogP contribution in [-0.4, -0.2) is 21.8 Å². The van der Waals surface area contributed by atoms with Crippen LogP contribution in [0.1, 0.15) is 39.1 Å². The zero-order valence-electron chi connectivity index (χ0n) is 16.7. The van der Waals surface area contributed by atoms with Gasteiger partial charge in [0.2, 0.25) is 11.8 Å². The third kappa shape index (κ3) is 5.36. The van der Waals surface area contributed by atoms with Crippen molar-refractivity contribution in [2.45, 2.75) is 33.1 Å². The van der Waals surface area contributed by atoms with Gasteiger partial charge in [-0.3, -0.25) is 19.8 Å². The first-order valence-electron chi connectivity index (χ1n) is 9.00. The molecule has 2 amide bonds. The van der Waals surface area contributed by atoms with Crippen molar-refractivity contribution >= 4 is 56.5 Å². The topological polar surface area (TPSA) is 75.2 Å². The molecule has 0 aliphatic heterocycles. The number of carbonyl (C=O) groups excluding carboxylic acids is 2. The Kier molecular flexibility index (Phi) is 6.24. The molecular weight excluding hydrogens is 404 g/mol. The predicted octanol–water partition coefficient (Wildman–Crippen LogP) is 5.23. The summed E-state index contributed by atoms with van der Waals surface area (Å²) in [4.78, 5) is 34.8. The molecule has 0 aliphatic rings. The Morgan fingerprint density at radius 3 is 2.41 bits per heavy atom. The summed E-state index contributed by atoms with van der Waals surface area (Å²) in [5.41, 5.74) is 2.24. The van der Waals surface area contributed by atoms with Gasteiger partial charge in [0, 0.05) is 29.2 Å². The van der Waals surface area contributed by atoms with Gasteiger partial charge in [-0.05, 0) is 18.2 Å². The molecular formula is C21H22N4O2S2. The third-order valence-electron chi connectivity index (χ3n) is 3.94. The highest BCUT2D eigenvalue weighted by Gasteiger charge is 2.18. The summed E-state index contributed by atoms with van der Waals surface area (Å²) in [6.07, 6.45) is 3.04. The standard InChI is InChI=1S/C21H22N4O2S2/c1-14(26)25(16-8-6-5-7-9-16)20-22-15(12-29-20)10-11-18(27)24-19-23-17(13-28-19)21(2,3)4/h5-13H,1-4H3,(H,23,24,27). The van der Waals surface area contributed by atoms with Crippen molar-refractivity contribution in [1.29, 1.82) is 0 Å². The maximum Gasteiger partial charge on any atom is 0.250 e. The number of carbonyl (C=O) groups is 2. The SMILES string of the molecule is CC(=O)N(c1ccccc1)c1nc(C=CC(=O)Nc2nc(C(C)(C)C)cs2)cs1. The number of thiazole rings is 2. The van der Waals surface area contributed by atoms with Gasteiger partial charge in [0.15, 0.2) is 10.3 Å². The van der Waals surface area contributed by atoms with Gasteiger partial charge in [-0.25, -0.2) is 9.97 Å². The van der Waals surface area contributed by atoms with E-state index < -0.39 is 0 Å². The second-order valence-electron chi connectivity index (χ2n) is 7.36. The molecule has 1 aromatic carbocycles. The second kappa shape index (κ2) is 8.67. The second-order valence-corrected chi connectivity index (χ2v) is 9.05. The lowest BCUT2D eigenvalue weighted by Crippen LogP contribution is -2.22. The average Bonchev–Trinajstić information content (AvgIpc) is 3.30. The Morgan fingerprint density at radius 2 is 1.79 bits per heavy atom. The van der Waals surface area contributed by atoms with E-state index in [4.69, 9.17) is 0 Å². The number of aromatic nitrogens is 2. The number of nitrogens with one attached hydrogen (secondary N) is 1. The average molecular weight is 427 g/mol. The van der Waals surface area contributed by atoms with Crippen LogP contribution in [0.25, 0.3) is 6.08 Å². The van der Waals surface area contributed by atoms with E-state index in [0.717, 1.165) is 11.4 Å². The zero-order valence-corrected chi connectivity index (χ0v) is 18.3. The summed E-state index contributed by atoms with van der Waals surface area (Å²) in [6, 6.07) is 9.34. The van der Waals surface area contributed by atoms with Crippen molar-refractivity contribution in [2.24, 2.45) is 0 Å². The Labute approximate surface area is 177 Å². The Bertz CT molecular complexity index is 1030. The molecule has 3 rings (SSSR count). The quantitative estimate of drug-likeness (QED) is 0.567. The molecule has 8 heteroatoms. The summed E-state index contributed by atoms with van der Waals surface area (Å²) in [6.45, 7) is 7.73. The maximum absolute atomic E-state index is 12.2. The van der Waals surface area contributed by atoms with E-state index in [-0.39, 0.29) is 17.2 Å².